The summed E-state index contributed by atoms with van der Waals surface area (Å²) in [5.74, 6) is -0.741. The molecule has 0 aliphatic carbocycles. The van der Waals surface area contributed by atoms with E-state index >= 15 is 0 Å². The van der Waals surface area contributed by atoms with Gasteiger partial charge in [0.2, 0.25) is 0 Å². The highest BCUT2D eigenvalue weighted by molar-refractivity contribution is 5.66. The highest BCUT2D eigenvalue weighted by Gasteiger charge is 1.95. The van der Waals surface area contributed by atoms with Gasteiger partial charge in [-0.15, -0.1) is 0 Å². The molecule has 0 aliphatic rings. The minimum Gasteiger partial charge on any atom is -0.481 e. The van der Waals surface area contributed by atoms with Gasteiger partial charge in [-0.25, -0.2) is 0 Å². The quantitative estimate of drug-likeness (QED) is 0.319. The number of carboxylic acid groups (broad SMARTS) is 1. The molecule has 1 unspecified atom stereocenters. The summed E-state index contributed by atoms with van der Waals surface area (Å²) in [6, 6.07) is 0. The van der Waals surface area contributed by atoms with Gasteiger partial charge in [-0.3, -0.25) is 4.79 Å². The molecule has 0 aromatic rings. The highest BCUT2D eigenvalue weighted by Crippen LogP contribution is 2.08. The molecule has 0 fully saturated rings. The standard InChI is InChI=1S/C18H32O2/c1-2-3-4-5-6-7-8-9-10-11-12-13-14-15-16-17-18(19)20/h6-7,9-10H,2-5,8,11-17H2,1H3,(H,19,20)/b7-6-,10-9-/i1D,2D,4D2,5D2. The van der Waals surface area contributed by atoms with Crippen LogP contribution in [-0.2, 0) is 4.79 Å². The summed E-state index contributed by atoms with van der Waals surface area (Å²) >= 11 is 0. The average molecular weight is 286 g/mol. The van der Waals surface area contributed by atoms with E-state index in [4.69, 9.17) is 13.3 Å². The Morgan fingerprint density at radius 1 is 1.05 bits per heavy atom. The first-order chi connectivity index (χ1) is 12.1. The maximum atomic E-state index is 10.4. The molecule has 0 bridgehead atoms. The molecule has 0 spiro atoms. The lowest BCUT2D eigenvalue weighted by Crippen LogP contribution is -1.93. The van der Waals surface area contributed by atoms with E-state index in [1.807, 2.05) is 12.2 Å². The molecule has 0 saturated carbocycles. The third-order valence-corrected chi connectivity index (χ3v) is 2.75. The smallest absolute Gasteiger partial charge is 0.303 e. The molecule has 0 aromatic carbocycles. The van der Waals surface area contributed by atoms with Crippen LogP contribution in [0, 0.1) is 0 Å². The monoisotopic (exact) mass is 286 g/mol. The van der Waals surface area contributed by atoms with Crippen LogP contribution >= 0.6 is 0 Å². The van der Waals surface area contributed by atoms with Crippen LogP contribution in [0.2, 0.25) is 0 Å². The number of hydrogen-bond donors (Lipinski definition) is 1. The summed E-state index contributed by atoms with van der Waals surface area (Å²) in [7, 11) is 0. The first kappa shape index (κ1) is 10.6. The van der Waals surface area contributed by atoms with Crippen molar-refractivity contribution in [1.82, 2.24) is 0 Å². The van der Waals surface area contributed by atoms with Crippen LogP contribution in [0.25, 0.3) is 0 Å². The van der Waals surface area contributed by atoms with E-state index in [-0.39, 0.29) is 19.7 Å². The molecule has 0 aliphatic heterocycles. The fraction of sp³-hybridized carbons (Fsp3) is 0.722. The summed E-state index contributed by atoms with van der Waals surface area (Å²) in [5.41, 5.74) is 0. The predicted molar refractivity (Wildman–Crippen MR) is 87.0 cm³/mol. The Kier molecular flexibility index (Phi) is 8.52. The van der Waals surface area contributed by atoms with E-state index in [0.717, 1.165) is 38.5 Å². The zero-order valence-electron chi connectivity index (χ0n) is 18.3. The molecule has 0 radical (unpaired) electrons. The molecule has 0 aromatic heterocycles. The van der Waals surface area contributed by atoms with Crippen molar-refractivity contribution in [2.45, 2.75) is 83.8 Å². The third kappa shape index (κ3) is 16.9. The van der Waals surface area contributed by atoms with E-state index in [1.165, 1.54) is 6.08 Å². The highest BCUT2D eigenvalue weighted by atomic mass is 16.4. The van der Waals surface area contributed by atoms with Crippen molar-refractivity contribution < 1.29 is 18.1 Å². The zero-order valence-corrected chi connectivity index (χ0v) is 12.3. The molecule has 2 heteroatoms. The van der Waals surface area contributed by atoms with E-state index in [2.05, 4.69) is 0 Å². The van der Waals surface area contributed by atoms with E-state index in [0.29, 0.717) is 6.42 Å². The summed E-state index contributed by atoms with van der Waals surface area (Å²) in [6.45, 7) is -0.235. The predicted octanol–water partition coefficient (Wildman–Crippen LogP) is 5.88. The van der Waals surface area contributed by atoms with E-state index in [1.54, 1.807) is 6.08 Å². The zero-order chi connectivity index (χ0) is 20.1. The van der Waals surface area contributed by atoms with Crippen LogP contribution in [0.1, 0.15) is 92.1 Å². The lowest BCUT2D eigenvalue weighted by atomic mass is 10.1. The van der Waals surface area contributed by atoms with Gasteiger partial charge in [0, 0.05) is 14.6 Å². The summed E-state index contributed by atoms with van der Waals surface area (Å²) in [5, 5.41) is 8.53. The van der Waals surface area contributed by atoms with Crippen molar-refractivity contribution in [3.63, 3.8) is 0 Å². The number of aliphatic carboxylic acids is 1. The lowest BCUT2D eigenvalue weighted by molar-refractivity contribution is -0.137. The average Bonchev–Trinajstić information content (AvgIpc) is 2.54. The number of carboxylic acids is 1. The van der Waals surface area contributed by atoms with Gasteiger partial charge >= 0.3 is 5.97 Å². The molecule has 0 amide bonds. The molecule has 0 rings (SSSR count). The van der Waals surface area contributed by atoms with Gasteiger partial charge in [-0.2, -0.15) is 0 Å². The molecule has 1 atom stereocenters. The van der Waals surface area contributed by atoms with Gasteiger partial charge in [0.1, 0.15) is 0 Å². The Morgan fingerprint density at radius 3 is 2.60 bits per heavy atom. The van der Waals surface area contributed by atoms with Crippen molar-refractivity contribution in [2.24, 2.45) is 0 Å². The number of allylic oxidation sites excluding steroid dienone is 4. The maximum absolute atomic E-state index is 10.4. The normalized spacial score (nSPS) is 19.0. The lowest BCUT2D eigenvalue weighted by Gasteiger charge is -1.98. The van der Waals surface area contributed by atoms with Gasteiger partial charge in [0.05, 0.1) is 0 Å². The number of hydrogen-bond acceptors (Lipinski definition) is 1. The van der Waals surface area contributed by atoms with Crippen LogP contribution in [-0.4, -0.2) is 11.1 Å². The largest absolute Gasteiger partial charge is 0.481 e. The van der Waals surface area contributed by atoms with Crippen molar-refractivity contribution in [1.29, 1.82) is 0 Å². The van der Waals surface area contributed by atoms with Crippen LogP contribution in [0.15, 0.2) is 24.3 Å². The Morgan fingerprint density at radius 2 is 1.80 bits per heavy atom. The minimum atomic E-state index is -2.17. The number of carbonyl (C=O) groups is 1. The fourth-order valence-corrected chi connectivity index (χ4v) is 1.68. The van der Waals surface area contributed by atoms with Crippen molar-refractivity contribution in [2.75, 3.05) is 0 Å². The Labute approximate surface area is 133 Å². The van der Waals surface area contributed by atoms with Crippen molar-refractivity contribution >= 4 is 5.97 Å². The van der Waals surface area contributed by atoms with E-state index < -0.39 is 25.1 Å². The van der Waals surface area contributed by atoms with Crippen LogP contribution < -0.4 is 0 Å². The van der Waals surface area contributed by atoms with Gasteiger partial charge in [0.15, 0.2) is 0 Å². The summed E-state index contributed by atoms with van der Waals surface area (Å²) < 4.78 is 45.9. The Bertz CT molecular complexity index is 449. The second kappa shape index (κ2) is 16.0. The van der Waals surface area contributed by atoms with Crippen LogP contribution in [0.3, 0.4) is 0 Å². The second-order valence-corrected chi connectivity index (χ2v) is 4.62. The third-order valence-electron chi connectivity index (χ3n) is 2.75. The summed E-state index contributed by atoms with van der Waals surface area (Å²) in [4.78, 5) is 10.4. The fourth-order valence-electron chi connectivity index (χ4n) is 1.68. The molecular formula is C18H32O2. The molecule has 20 heavy (non-hydrogen) atoms. The SMILES string of the molecule is [2H]CC([2H])CC([2H])([2H])C([2H])([2H])/C=C\C/C=C\CCCCCCCC(=O)O. The van der Waals surface area contributed by atoms with Gasteiger partial charge < -0.3 is 5.11 Å². The molecule has 1 N–H and O–H groups in total. The summed E-state index contributed by atoms with van der Waals surface area (Å²) in [6.07, 6.45) is 7.70. The van der Waals surface area contributed by atoms with Gasteiger partial charge in [-0.05, 0) is 38.4 Å². The topological polar surface area (TPSA) is 37.3 Å². The van der Waals surface area contributed by atoms with Crippen LogP contribution in [0.5, 0.6) is 0 Å². The maximum Gasteiger partial charge on any atom is 0.303 e. The first-order valence-corrected chi connectivity index (χ1v) is 7.38. The molecular weight excluding hydrogens is 248 g/mol. The van der Waals surface area contributed by atoms with Crippen molar-refractivity contribution in [3.8, 4) is 0 Å². The molecule has 116 valence electrons. The molecule has 0 heterocycles. The van der Waals surface area contributed by atoms with Gasteiger partial charge in [0.25, 0.3) is 0 Å². The van der Waals surface area contributed by atoms with Gasteiger partial charge in [-0.1, -0.05) is 63.3 Å². The molecule has 0 saturated heterocycles. The first-order valence-electron chi connectivity index (χ1n) is 10.7. The Balaban J connectivity index is 3.96. The van der Waals surface area contributed by atoms with Crippen LogP contribution in [0.4, 0.5) is 0 Å². The van der Waals surface area contributed by atoms with Crippen molar-refractivity contribution in [3.05, 3.63) is 24.3 Å². The van der Waals surface area contributed by atoms with E-state index in [9.17, 15) is 4.79 Å². The minimum absolute atomic E-state index is 0.235. The Hall–Kier alpha value is -1.05. The second-order valence-electron chi connectivity index (χ2n) is 4.62. The number of unbranched alkanes of at least 4 members (excludes halogenated alkanes) is 5. The molecule has 2 nitrogen and oxygen atoms in total. The number of rotatable bonds is 14.